The normalized spacial score (nSPS) is 16.9. The number of rotatable bonds is 6. The number of morpholine rings is 1. The Bertz CT molecular complexity index is 769. The number of ether oxygens (including phenoxy) is 1. The zero-order valence-corrected chi connectivity index (χ0v) is 15.5. The second-order valence-electron chi connectivity index (χ2n) is 6.01. The van der Waals surface area contributed by atoms with E-state index in [0.29, 0.717) is 30.1 Å². The standard InChI is InChI=1S/C19H23N3O3S/c1-2-21-19(24)17-7-6-16(26-17)13-4-3-5-14(10-13)18(23)22-12-15-11-20-8-9-25-15/h3-7,10,15,20H,2,8-9,11-12H2,1H3,(H,21,24)(H,22,23)/t15-/m0/s1. The number of hydrogen-bond donors (Lipinski definition) is 3. The van der Waals surface area contributed by atoms with Gasteiger partial charge in [0, 0.05) is 36.6 Å². The minimum absolute atomic E-state index is 0.00724. The van der Waals surface area contributed by atoms with Crippen LogP contribution in [0.1, 0.15) is 27.0 Å². The molecular formula is C19H23N3O3S. The molecule has 0 saturated carbocycles. The summed E-state index contributed by atoms with van der Waals surface area (Å²) in [6.45, 7) is 5.24. The largest absolute Gasteiger partial charge is 0.374 e. The molecule has 7 heteroatoms. The molecule has 26 heavy (non-hydrogen) atoms. The molecule has 1 saturated heterocycles. The quantitative estimate of drug-likeness (QED) is 0.722. The van der Waals surface area contributed by atoms with Gasteiger partial charge in [-0.3, -0.25) is 9.59 Å². The van der Waals surface area contributed by atoms with Crippen molar-refractivity contribution in [2.24, 2.45) is 0 Å². The third kappa shape index (κ3) is 4.69. The van der Waals surface area contributed by atoms with Crippen LogP contribution in [0.5, 0.6) is 0 Å². The van der Waals surface area contributed by atoms with Gasteiger partial charge in [0.25, 0.3) is 11.8 Å². The fourth-order valence-electron chi connectivity index (χ4n) is 2.74. The Hall–Kier alpha value is -2.22. The SMILES string of the molecule is CCNC(=O)c1ccc(-c2cccc(C(=O)NC[C@@H]3CNCCO3)c2)s1. The minimum Gasteiger partial charge on any atom is -0.374 e. The van der Waals surface area contributed by atoms with E-state index in [1.807, 2.05) is 37.3 Å². The number of carbonyl (C=O) groups excluding carboxylic acids is 2. The summed E-state index contributed by atoms with van der Waals surface area (Å²) in [5.41, 5.74) is 1.52. The molecule has 1 atom stereocenters. The van der Waals surface area contributed by atoms with E-state index in [9.17, 15) is 9.59 Å². The first-order valence-corrected chi connectivity index (χ1v) is 9.58. The van der Waals surface area contributed by atoms with Crippen LogP contribution >= 0.6 is 11.3 Å². The molecule has 1 fully saturated rings. The smallest absolute Gasteiger partial charge is 0.261 e. The van der Waals surface area contributed by atoms with Crippen molar-refractivity contribution in [1.82, 2.24) is 16.0 Å². The molecule has 2 heterocycles. The number of benzene rings is 1. The van der Waals surface area contributed by atoms with Gasteiger partial charge in [0.05, 0.1) is 17.6 Å². The van der Waals surface area contributed by atoms with Crippen LogP contribution in [0.15, 0.2) is 36.4 Å². The summed E-state index contributed by atoms with van der Waals surface area (Å²) < 4.78 is 5.59. The Labute approximate surface area is 156 Å². The van der Waals surface area contributed by atoms with Crippen molar-refractivity contribution >= 4 is 23.2 Å². The summed E-state index contributed by atoms with van der Waals surface area (Å²) in [4.78, 5) is 26.0. The summed E-state index contributed by atoms with van der Waals surface area (Å²) >= 11 is 1.42. The predicted octanol–water partition coefficient (Wildman–Crippen LogP) is 1.88. The lowest BCUT2D eigenvalue weighted by Crippen LogP contribution is -2.45. The maximum absolute atomic E-state index is 12.4. The highest BCUT2D eigenvalue weighted by Crippen LogP contribution is 2.28. The average Bonchev–Trinajstić information content (AvgIpc) is 3.18. The summed E-state index contributed by atoms with van der Waals surface area (Å²) in [6, 6.07) is 11.2. The lowest BCUT2D eigenvalue weighted by atomic mass is 10.1. The van der Waals surface area contributed by atoms with Gasteiger partial charge in [0.2, 0.25) is 0 Å². The van der Waals surface area contributed by atoms with E-state index in [2.05, 4.69) is 16.0 Å². The van der Waals surface area contributed by atoms with Crippen LogP contribution in [-0.4, -0.2) is 50.7 Å². The van der Waals surface area contributed by atoms with Gasteiger partial charge < -0.3 is 20.7 Å². The Morgan fingerprint density at radius 3 is 2.88 bits per heavy atom. The molecule has 1 aromatic carbocycles. The van der Waals surface area contributed by atoms with Gasteiger partial charge in [-0.25, -0.2) is 0 Å². The van der Waals surface area contributed by atoms with Gasteiger partial charge in [-0.15, -0.1) is 11.3 Å². The van der Waals surface area contributed by atoms with Crippen molar-refractivity contribution in [2.75, 3.05) is 32.8 Å². The predicted molar refractivity (Wildman–Crippen MR) is 103 cm³/mol. The van der Waals surface area contributed by atoms with Crippen molar-refractivity contribution in [3.8, 4) is 10.4 Å². The van der Waals surface area contributed by atoms with E-state index in [4.69, 9.17) is 4.74 Å². The molecule has 3 rings (SSSR count). The number of carbonyl (C=O) groups is 2. The zero-order chi connectivity index (χ0) is 18.4. The Morgan fingerprint density at radius 1 is 1.23 bits per heavy atom. The molecule has 1 aliphatic rings. The fraction of sp³-hybridized carbons (Fsp3) is 0.368. The van der Waals surface area contributed by atoms with Gasteiger partial charge in [-0.2, -0.15) is 0 Å². The van der Waals surface area contributed by atoms with Crippen molar-refractivity contribution < 1.29 is 14.3 Å². The first-order valence-electron chi connectivity index (χ1n) is 8.76. The molecule has 0 bridgehead atoms. The Morgan fingerprint density at radius 2 is 2.12 bits per heavy atom. The van der Waals surface area contributed by atoms with Gasteiger partial charge in [-0.1, -0.05) is 12.1 Å². The van der Waals surface area contributed by atoms with Crippen molar-refractivity contribution in [3.63, 3.8) is 0 Å². The second kappa shape index (κ2) is 8.93. The summed E-state index contributed by atoms with van der Waals surface area (Å²) in [5, 5.41) is 8.96. The molecule has 2 amide bonds. The fourth-order valence-corrected chi connectivity index (χ4v) is 3.65. The number of nitrogens with one attached hydrogen (secondary N) is 3. The van der Waals surface area contributed by atoms with Crippen LogP contribution in [0.2, 0.25) is 0 Å². The molecule has 138 valence electrons. The summed E-state index contributed by atoms with van der Waals surface area (Å²) in [5.74, 6) is -0.194. The average molecular weight is 373 g/mol. The Kier molecular flexibility index (Phi) is 6.38. The maximum atomic E-state index is 12.4. The summed E-state index contributed by atoms with van der Waals surface area (Å²) in [7, 11) is 0. The van der Waals surface area contributed by atoms with E-state index in [-0.39, 0.29) is 17.9 Å². The lowest BCUT2D eigenvalue weighted by Gasteiger charge is -2.23. The van der Waals surface area contributed by atoms with E-state index in [0.717, 1.165) is 23.5 Å². The third-order valence-corrected chi connectivity index (χ3v) is 5.20. The molecule has 1 aromatic heterocycles. The summed E-state index contributed by atoms with van der Waals surface area (Å²) in [6.07, 6.45) is 0.00724. The maximum Gasteiger partial charge on any atom is 0.261 e. The molecule has 0 aliphatic carbocycles. The van der Waals surface area contributed by atoms with Gasteiger partial charge >= 0.3 is 0 Å². The topological polar surface area (TPSA) is 79.5 Å². The second-order valence-corrected chi connectivity index (χ2v) is 7.09. The van der Waals surface area contributed by atoms with Crippen LogP contribution in [0.4, 0.5) is 0 Å². The van der Waals surface area contributed by atoms with Gasteiger partial charge in [0.15, 0.2) is 0 Å². The number of amides is 2. The monoisotopic (exact) mass is 373 g/mol. The molecular weight excluding hydrogens is 350 g/mol. The molecule has 0 radical (unpaired) electrons. The number of hydrogen-bond acceptors (Lipinski definition) is 5. The molecule has 2 aromatic rings. The number of thiophene rings is 1. The van der Waals surface area contributed by atoms with Crippen LogP contribution in [0.25, 0.3) is 10.4 Å². The Balaban J connectivity index is 1.65. The van der Waals surface area contributed by atoms with Crippen LogP contribution < -0.4 is 16.0 Å². The van der Waals surface area contributed by atoms with Crippen LogP contribution in [-0.2, 0) is 4.74 Å². The van der Waals surface area contributed by atoms with E-state index >= 15 is 0 Å². The van der Waals surface area contributed by atoms with E-state index in [1.165, 1.54) is 11.3 Å². The van der Waals surface area contributed by atoms with Gasteiger partial charge in [0.1, 0.15) is 0 Å². The highest BCUT2D eigenvalue weighted by molar-refractivity contribution is 7.17. The van der Waals surface area contributed by atoms with Crippen LogP contribution in [0.3, 0.4) is 0 Å². The molecule has 0 spiro atoms. The molecule has 1 aliphatic heterocycles. The highest BCUT2D eigenvalue weighted by Gasteiger charge is 2.16. The van der Waals surface area contributed by atoms with E-state index in [1.54, 1.807) is 6.07 Å². The van der Waals surface area contributed by atoms with Crippen molar-refractivity contribution in [3.05, 3.63) is 46.8 Å². The first kappa shape index (κ1) is 18.6. The van der Waals surface area contributed by atoms with Crippen molar-refractivity contribution in [2.45, 2.75) is 13.0 Å². The molecule has 6 nitrogen and oxygen atoms in total. The van der Waals surface area contributed by atoms with Crippen LogP contribution in [0, 0.1) is 0 Å². The lowest BCUT2D eigenvalue weighted by molar-refractivity contribution is 0.0287. The van der Waals surface area contributed by atoms with E-state index < -0.39 is 0 Å². The third-order valence-electron chi connectivity index (χ3n) is 4.07. The minimum atomic E-state index is -0.124. The van der Waals surface area contributed by atoms with Crippen molar-refractivity contribution in [1.29, 1.82) is 0 Å². The molecule has 3 N–H and O–H groups in total. The molecule has 0 unspecified atom stereocenters. The first-order chi connectivity index (χ1) is 12.7. The highest BCUT2D eigenvalue weighted by atomic mass is 32.1. The van der Waals surface area contributed by atoms with Gasteiger partial charge in [-0.05, 0) is 36.8 Å². The zero-order valence-electron chi connectivity index (χ0n) is 14.7.